The minimum atomic E-state index is -4.52. The van der Waals surface area contributed by atoms with Crippen molar-refractivity contribution in [3.05, 3.63) is 35.1 Å². The van der Waals surface area contributed by atoms with Gasteiger partial charge in [0.25, 0.3) is 0 Å². The molecule has 5 heteroatoms. The molecular weight excluding hydrogens is 222 g/mol. The molecule has 0 saturated heterocycles. The van der Waals surface area contributed by atoms with Crippen LogP contribution in [0.5, 0.6) is 0 Å². The highest BCUT2D eigenvalue weighted by atomic mass is 19.4. The average Bonchev–Trinajstić information content (AvgIpc) is 2.14. The van der Waals surface area contributed by atoms with Gasteiger partial charge in [-0.15, -0.1) is 0 Å². The van der Waals surface area contributed by atoms with Gasteiger partial charge in [0.05, 0.1) is 5.56 Å². The summed E-state index contributed by atoms with van der Waals surface area (Å²) in [4.78, 5) is 0. The molecule has 0 radical (unpaired) electrons. The third-order valence-corrected chi connectivity index (χ3v) is 2.25. The van der Waals surface area contributed by atoms with Crippen LogP contribution in [-0.2, 0) is 12.6 Å². The standard InChI is InChI=1S/C11H13F4N/c1-7(16)2-3-8-4-5-9(12)6-10(8)11(13,14)15/h4-7H,2-3,16H2,1H3/t7-/m1/s1. The number of halogens is 4. The lowest BCUT2D eigenvalue weighted by atomic mass is 10.0. The summed E-state index contributed by atoms with van der Waals surface area (Å²) < 4.78 is 50.4. The van der Waals surface area contributed by atoms with Crippen LogP contribution in [-0.4, -0.2) is 6.04 Å². The second kappa shape index (κ2) is 4.82. The molecule has 0 fully saturated rings. The molecule has 0 aromatic heterocycles. The fourth-order valence-corrected chi connectivity index (χ4v) is 1.41. The van der Waals surface area contributed by atoms with Crippen LogP contribution in [0.3, 0.4) is 0 Å². The van der Waals surface area contributed by atoms with E-state index in [4.69, 9.17) is 5.73 Å². The molecule has 0 aliphatic carbocycles. The first-order chi connectivity index (χ1) is 7.30. The van der Waals surface area contributed by atoms with Gasteiger partial charge < -0.3 is 5.73 Å². The summed E-state index contributed by atoms with van der Waals surface area (Å²) in [5, 5.41) is 0. The first-order valence-electron chi connectivity index (χ1n) is 4.92. The van der Waals surface area contributed by atoms with Crippen LogP contribution in [0.25, 0.3) is 0 Å². The molecule has 1 atom stereocenters. The Morgan fingerprint density at radius 3 is 2.44 bits per heavy atom. The summed E-state index contributed by atoms with van der Waals surface area (Å²) in [5.74, 6) is -0.878. The number of benzene rings is 1. The van der Waals surface area contributed by atoms with Gasteiger partial charge in [0.2, 0.25) is 0 Å². The predicted molar refractivity (Wildman–Crippen MR) is 53.4 cm³/mol. The van der Waals surface area contributed by atoms with Crippen molar-refractivity contribution in [1.29, 1.82) is 0 Å². The highest BCUT2D eigenvalue weighted by Crippen LogP contribution is 2.33. The zero-order valence-corrected chi connectivity index (χ0v) is 8.81. The fraction of sp³-hybridized carbons (Fsp3) is 0.455. The Hall–Kier alpha value is -1.10. The maximum absolute atomic E-state index is 12.8. The van der Waals surface area contributed by atoms with Gasteiger partial charge in [-0.2, -0.15) is 13.2 Å². The van der Waals surface area contributed by atoms with Crippen molar-refractivity contribution in [3.8, 4) is 0 Å². The van der Waals surface area contributed by atoms with Gasteiger partial charge in [0.15, 0.2) is 0 Å². The van der Waals surface area contributed by atoms with Gasteiger partial charge in [0.1, 0.15) is 5.82 Å². The number of alkyl halides is 3. The molecule has 0 aliphatic rings. The molecule has 2 N–H and O–H groups in total. The first-order valence-corrected chi connectivity index (χ1v) is 4.92. The van der Waals surface area contributed by atoms with Crippen molar-refractivity contribution in [2.24, 2.45) is 5.73 Å². The van der Waals surface area contributed by atoms with Crippen LogP contribution in [0, 0.1) is 5.82 Å². The van der Waals surface area contributed by atoms with E-state index >= 15 is 0 Å². The highest BCUT2D eigenvalue weighted by Gasteiger charge is 2.33. The van der Waals surface area contributed by atoms with Crippen LogP contribution < -0.4 is 5.73 Å². The second-order valence-corrected chi connectivity index (χ2v) is 3.82. The lowest BCUT2D eigenvalue weighted by molar-refractivity contribution is -0.138. The maximum atomic E-state index is 12.8. The number of rotatable bonds is 3. The van der Waals surface area contributed by atoms with Crippen molar-refractivity contribution >= 4 is 0 Å². The van der Waals surface area contributed by atoms with Gasteiger partial charge >= 0.3 is 6.18 Å². The Balaban J connectivity index is 2.99. The molecule has 1 nitrogen and oxygen atoms in total. The fourth-order valence-electron chi connectivity index (χ4n) is 1.41. The molecule has 0 heterocycles. The Bertz CT molecular complexity index is 357. The molecule has 1 aromatic rings. The quantitative estimate of drug-likeness (QED) is 0.800. The number of nitrogens with two attached hydrogens (primary N) is 1. The van der Waals surface area contributed by atoms with E-state index in [-0.39, 0.29) is 18.0 Å². The smallest absolute Gasteiger partial charge is 0.328 e. The topological polar surface area (TPSA) is 26.0 Å². The summed E-state index contributed by atoms with van der Waals surface area (Å²) in [6.45, 7) is 1.72. The molecule has 0 unspecified atom stereocenters. The molecule has 0 spiro atoms. The Morgan fingerprint density at radius 1 is 1.31 bits per heavy atom. The van der Waals surface area contributed by atoms with E-state index in [2.05, 4.69) is 0 Å². The zero-order valence-electron chi connectivity index (χ0n) is 8.81. The van der Waals surface area contributed by atoms with Crippen molar-refractivity contribution in [3.63, 3.8) is 0 Å². The van der Waals surface area contributed by atoms with Gasteiger partial charge in [-0.1, -0.05) is 6.07 Å². The zero-order chi connectivity index (χ0) is 12.3. The van der Waals surface area contributed by atoms with E-state index in [9.17, 15) is 17.6 Å². The molecule has 90 valence electrons. The summed E-state index contributed by atoms with van der Waals surface area (Å²) in [7, 11) is 0. The molecule has 16 heavy (non-hydrogen) atoms. The van der Waals surface area contributed by atoms with Gasteiger partial charge in [-0.05, 0) is 37.5 Å². The van der Waals surface area contributed by atoms with Crippen LogP contribution in [0.15, 0.2) is 18.2 Å². The monoisotopic (exact) mass is 235 g/mol. The minimum Gasteiger partial charge on any atom is -0.328 e. The van der Waals surface area contributed by atoms with Crippen molar-refractivity contribution in [1.82, 2.24) is 0 Å². The summed E-state index contributed by atoms with van der Waals surface area (Å²) >= 11 is 0. The molecular formula is C11H13F4N. The van der Waals surface area contributed by atoms with E-state index in [0.29, 0.717) is 12.5 Å². The van der Waals surface area contributed by atoms with Gasteiger partial charge in [0, 0.05) is 6.04 Å². The van der Waals surface area contributed by atoms with Crippen LogP contribution in [0.1, 0.15) is 24.5 Å². The van der Waals surface area contributed by atoms with Crippen LogP contribution in [0.4, 0.5) is 17.6 Å². The first kappa shape index (κ1) is 13.0. The van der Waals surface area contributed by atoms with Crippen LogP contribution >= 0.6 is 0 Å². The number of aryl methyl sites for hydroxylation is 1. The largest absolute Gasteiger partial charge is 0.416 e. The summed E-state index contributed by atoms with van der Waals surface area (Å²) in [5.41, 5.74) is 4.65. The number of hydrogen-bond acceptors (Lipinski definition) is 1. The third-order valence-electron chi connectivity index (χ3n) is 2.25. The van der Waals surface area contributed by atoms with E-state index in [1.54, 1.807) is 6.92 Å². The van der Waals surface area contributed by atoms with Crippen molar-refractivity contribution in [2.75, 3.05) is 0 Å². The van der Waals surface area contributed by atoms with E-state index in [0.717, 1.165) is 6.07 Å². The predicted octanol–water partition coefficient (Wildman–Crippen LogP) is 3.12. The minimum absolute atomic E-state index is 0.0891. The van der Waals surface area contributed by atoms with E-state index < -0.39 is 17.6 Å². The Labute approximate surface area is 91.3 Å². The van der Waals surface area contributed by atoms with Crippen LogP contribution in [0.2, 0.25) is 0 Å². The summed E-state index contributed by atoms with van der Waals surface area (Å²) in [6.07, 6.45) is -3.88. The average molecular weight is 235 g/mol. The van der Waals surface area contributed by atoms with Gasteiger partial charge in [-0.25, -0.2) is 4.39 Å². The highest BCUT2D eigenvalue weighted by molar-refractivity contribution is 5.30. The molecule has 0 aliphatic heterocycles. The number of hydrogen-bond donors (Lipinski definition) is 1. The second-order valence-electron chi connectivity index (χ2n) is 3.82. The molecule has 0 bridgehead atoms. The SMILES string of the molecule is C[C@@H](N)CCc1ccc(F)cc1C(F)(F)F. The van der Waals surface area contributed by atoms with Gasteiger partial charge in [-0.3, -0.25) is 0 Å². The lowest BCUT2D eigenvalue weighted by Crippen LogP contribution is -2.17. The van der Waals surface area contributed by atoms with E-state index in [1.807, 2.05) is 0 Å². The lowest BCUT2D eigenvalue weighted by Gasteiger charge is -2.13. The molecule has 1 aromatic carbocycles. The summed E-state index contributed by atoms with van der Waals surface area (Å²) in [6, 6.07) is 2.55. The van der Waals surface area contributed by atoms with Crippen molar-refractivity contribution in [2.45, 2.75) is 32.0 Å². The van der Waals surface area contributed by atoms with Crippen molar-refractivity contribution < 1.29 is 17.6 Å². The Morgan fingerprint density at radius 2 is 1.94 bits per heavy atom. The maximum Gasteiger partial charge on any atom is 0.416 e. The van der Waals surface area contributed by atoms with E-state index in [1.165, 1.54) is 6.07 Å². The normalized spacial score (nSPS) is 13.9. The molecule has 1 rings (SSSR count). The molecule has 0 amide bonds. The Kier molecular flexibility index (Phi) is 3.91. The third kappa shape index (κ3) is 3.48. The molecule has 0 saturated carbocycles.